The molecule has 0 amide bonds. The van der Waals surface area contributed by atoms with Gasteiger partial charge in [0.2, 0.25) is 0 Å². The van der Waals surface area contributed by atoms with Crippen LogP contribution in [0.1, 0.15) is 50.4 Å². The van der Waals surface area contributed by atoms with Crippen LogP contribution < -0.4 is 10.5 Å². The number of fused-ring (bicyclic) bond motifs is 1. The summed E-state index contributed by atoms with van der Waals surface area (Å²) in [5.74, 6) is 0.736. The van der Waals surface area contributed by atoms with Crippen molar-refractivity contribution < 1.29 is 0 Å². The molecule has 0 saturated carbocycles. The number of halogens is 1. The van der Waals surface area contributed by atoms with Gasteiger partial charge in [-0.2, -0.15) is 9.78 Å². The van der Waals surface area contributed by atoms with Gasteiger partial charge in [-0.25, -0.2) is 4.98 Å². The summed E-state index contributed by atoms with van der Waals surface area (Å²) >= 11 is 3.44. The molecule has 0 bridgehead atoms. The molecule has 0 unspecified atom stereocenters. The fraction of sp³-hybridized carbons (Fsp3) is 0.348. The molecule has 1 fully saturated rings. The summed E-state index contributed by atoms with van der Waals surface area (Å²) in [6.07, 6.45) is 5.58. The zero-order valence-electron chi connectivity index (χ0n) is 16.8. The predicted octanol–water partition coefficient (Wildman–Crippen LogP) is 5.15. The van der Waals surface area contributed by atoms with Crippen LogP contribution in [-0.2, 0) is 0 Å². The number of aromatic nitrogens is 2. The lowest BCUT2D eigenvalue weighted by Gasteiger charge is -2.28. The minimum absolute atomic E-state index is 0.0781. The van der Waals surface area contributed by atoms with Crippen molar-refractivity contribution in [3.8, 4) is 0 Å². The molecule has 1 aromatic heterocycles. The molecule has 0 aliphatic carbocycles. The van der Waals surface area contributed by atoms with Crippen LogP contribution in [0.5, 0.6) is 0 Å². The van der Waals surface area contributed by atoms with Gasteiger partial charge in [0, 0.05) is 29.2 Å². The zero-order valence-corrected chi connectivity index (χ0v) is 18.4. The first-order valence-corrected chi connectivity index (χ1v) is 10.9. The minimum atomic E-state index is -0.152. The lowest BCUT2D eigenvalue weighted by Crippen LogP contribution is -2.29. The molecule has 1 aliphatic heterocycles. The number of nitrogens with zero attached hydrogens (tertiary/aromatic N) is 4. The monoisotopic (exact) mass is 452 g/mol. The van der Waals surface area contributed by atoms with E-state index in [1.165, 1.54) is 29.6 Å². The van der Waals surface area contributed by atoms with E-state index in [0.717, 1.165) is 23.1 Å². The second kappa shape index (κ2) is 8.49. The molecule has 29 heavy (non-hydrogen) atoms. The van der Waals surface area contributed by atoms with Gasteiger partial charge in [-0.3, -0.25) is 4.79 Å². The van der Waals surface area contributed by atoms with Gasteiger partial charge in [0.1, 0.15) is 5.82 Å². The highest BCUT2D eigenvalue weighted by atomic mass is 79.9. The first-order valence-electron chi connectivity index (χ1n) is 10.1. The van der Waals surface area contributed by atoms with Crippen molar-refractivity contribution in [3.63, 3.8) is 0 Å². The molecule has 6 heteroatoms. The maximum Gasteiger partial charge on any atom is 0.282 e. The third kappa shape index (κ3) is 4.27. The second-order valence-electron chi connectivity index (χ2n) is 7.79. The lowest BCUT2D eigenvalue weighted by molar-refractivity contribution is 0.578. The van der Waals surface area contributed by atoms with E-state index in [2.05, 4.69) is 55.2 Å². The van der Waals surface area contributed by atoms with E-state index in [-0.39, 0.29) is 11.5 Å². The number of rotatable bonds is 4. The van der Waals surface area contributed by atoms with Crippen LogP contribution in [0, 0.1) is 0 Å². The number of benzene rings is 2. The first-order chi connectivity index (χ1) is 14.0. The van der Waals surface area contributed by atoms with Crippen LogP contribution in [-0.4, -0.2) is 29.0 Å². The SMILES string of the molecule is CC(C)c1nc2ccc(Br)cc2c(=O)n1N=Cc1ccc(N2CCCCC2)cc1. The highest BCUT2D eigenvalue weighted by molar-refractivity contribution is 9.10. The molecule has 2 heterocycles. The summed E-state index contributed by atoms with van der Waals surface area (Å²) < 4.78 is 2.28. The topological polar surface area (TPSA) is 50.5 Å². The van der Waals surface area contributed by atoms with E-state index in [1.807, 2.05) is 26.0 Å². The Kier molecular flexibility index (Phi) is 5.81. The molecule has 3 aromatic rings. The maximum absolute atomic E-state index is 13.1. The second-order valence-corrected chi connectivity index (χ2v) is 8.70. The van der Waals surface area contributed by atoms with E-state index in [9.17, 15) is 4.79 Å². The summed E-state index contributed by atoms with van der Waals surface area (Å²) in [5, 5.41) is 5.06. The highest BCUT2D eigenvalue weighted by Gasteiger charge is 2.14. The van der Waals surface area contributed by atoms with Crippen molar-refractivity contribution in [1.29, 1.82) is 0 Å². The number of piperidine rings is 1. The minimum Gasteiger partial charge on any atom is -0.372 e. The average Bonchev–Trinajstić information content (AvgIpc) is 2.74. The largest absolute Gasteiger partial charge is 0.372 e. The Hall–Kier alpha value is -2.47. The average molecular weight is 453 g/mol. The summed E-state index contributed by atoms with van der Waals surface area (Å²) in [4.78, 5) is 20.2. The molecule has 1 aliphatic rings. The van der Waals surface area contributed by atoms with Gasteiger partial charge in [-0.05, 0) is 55.2 Å². The van der Waals surface area contributed by atoms with Crippen LogP contribution in [0.25, 0.3) is 10.9 Å². The molecule has 0 N–H and O–H groups in total. The standard InChI is InChI=1S/C23H25BrN4O/c1-16(2)22-26-21-11-8-18(24)14-20(21)23(29)28(22)25-15-17-6-9-19(10-7-17)27-12-4-3-5-13-27/h6-11,14-16H,3-5,12-13H2,1-2H3. The predicted molar refractivity (Wildman–Crippen MR) is 123 cm³/mol. The Balaban J connectivity index is 1.67. The van der Waals surface area contributed by atoms with E-state index >= 15 is 0 Å². The van der Waals surface area contributed by atoms with E-state index in [0.29, 0.717) is 16.7 Å². The van der Waals surface area contributed by atoms with Crippen molar-refractivity contribution >= 4 is 38.7 Å². The fourth-order valence-corrected chi connectivity index (χ4v) is 4.06. The lowest BCUT2D eigenvalue weighted by atomic mass is 10.1. The van der Waals surface area contributed by atoms with Crippen LogP contribution in [0.2, 0.25) is 0 Å². The molecule has 150 valence electrons. The maximum atomic E-state index is 13.1. The first kappa shape index (κ1) is 19.8. The summed E-state index contributed by atoms with van der Waals surface area (Å²) in [6.45, 7) is 6.29. The Morgan fingerprint density at radius 2 is 1.79 bits per heavy atom. The van der Waals surface area contributed by atoms with E-state index < -0.39 is 0 Å². The van der Waals surface area contributed by atoms with E-state index in [1.54, 1.807) is 12.3 Å². The van der Waals surface area contributed by atoms with Crippen molar-refractivity contribution in [2.75, 3.05) is 18.0 Å². The Labute approximate surface area is 179 Å². The van der Waals surface area contributed by atoms with Crippen LogP contribution >= 0.6 is 15.9 Å². The summed E-state index contributed by atoms with van der Waals surface area (Å²) in [5.41, 5.74) is 2.75. The molecule has 0 atom stereocenters. The van der Waals surface area contributed by atoms with Gasteiger partial charge in [-0.15, -0.1) is 0 Å². The molecule has 0 spiro atoms. The third-order valence-corrected chi connectivity index (χ3v) is 5.78. The molecule has 4 rings (SSSR count). The molecular weight excluding hydrogens is 428 g/mol. The van der Waals surface area contributed by atoms with Crippen LogP contribution in [0.4, 0.5) is 5.69 Å². The van der Waals surface area contributed by atoms with Crippen molar-refractivity contribution in [2.45, 2.75) is 39.0 Å². The number of hydrogen-bond acceptors (Lipinski definition) is 4. The van der Waals surface area contributed by atoms with Gasteiger partial charge < -0.3 is 4.90 Å². The number of anilines is 1. The molecule has 0 radical (unpaired) electrons. The highest BCUT2D eigenvalue weighted by Crippen LogP contribution is 2.21. The van der Waals surface area contributed by atoms with Gasteiger partial charge >= 0.3 is 0 Å². The third-order valence-electron chi connectivity index (χ3n) is 5.29. The van der Waals surface area contributed by atoms with Crippen LogP contribution in [0.15, 0.2) is 56.8 Å². The van der Waals surface area contributed by atoms with Crippen molar-refractivity contribution in [3.05, 3.63) is 68.7 Å². The Bertz CT molecular complexity index is 1100. The molecule has 2 aromatic carbocycles. The van der Waals surface area contributed by atoms with E-state index in [4.69, 9.17) is 0 Å². The Morgan fingerprint density at radius 3 is 2.48 bits per heavy atom. The van der Waals surface area contributed by atoms with Crippen LogP contribution in [0.3, 0.4) is 0 Å². The molecular formula is C23H25BrN4O. The quantitative estimate of drug-likeness (QED) is 0.513. The Morgan fingerprint density at radius 1 is 1.07 bits per heavy atom. The molecule has 5 nitrogen and oxygen atoms in total. The summed E-state index contributed by atoms with van der Waals surface area (Å²) in [6, 6.07) is 13.9. The zero-order chi connectivity index (χ0) is 20.4. The van der Waals surface area contributed by atoms with Gasteiger partial charge in [0.15, 0.2) is 0 Å². The van der Waals surface area contributed by atoms with Crippen molar-refractivity contribution in [2.24, 2.45) is 5.10 Å². The fourth-order valence-electron chi connectivity index (χ4n) is 3.70. The molecule has 1 saturated heterocycles. The smallest absolute Gasteiger partial charge is 0.282 e. The van der Waals surface area contributed by atoms with Gasteiger partial charge in [0.05, 0.1) is 17.1 Å². The van der Waals surface area contributed by atoms with Gasteiger partial charge in [-0.1, -0.05) is 41.9 Å². The van der Waals surface area contributed by atoms with Gasteiger partial charge in [0.25, 0.3) is 5.56 Å². The number of hydrogen-bond donors (Lipinski definition) is 0. The van der Waals surface area contributed by atoms with Crippen molar-refractivity contribution in [1.82, 2.24) is 9.66 Å². The normalized spacial score (nSPS) is 15.0. The summed E-state index contributed by atoms with van der Waals surface area (Å²) in [7, 11) is 0.